The van der Waals surface area contributed by atoms with Crippen LogP contribution >= 0.6 is 27.5 Å². The first-order valence-corrected chi connectivity index (χ1v) is 5.14. The molecule has 0 aliphatic carbocycles. The molecule has 1 aromatic heterocycles. The van der Waals surface area contributed by atoms with E-state index in [2.05, 4.69) is 25.0 Å². The van der Waals surface area contributed by atoms with Crippen LogP contribution in [0.3, 0.4) is 0 Å². The van der Waals surface area contributed by atoms with Gasteiger partial charge in [0.25, 0.3) is 0 Å². The molecule has 0 unspecified atom stereocenters. The van der Waals surface area contributed by atoms with Crippen molar-refractivity contribution in [3.63, 3.8) is 0 Å². The van der Waals surface area contributed by atoms with E-state index in [0.29, 0.717) is 0 Å². The van der Waals surface area contributed by atoms with E-state index in [9.17, 15) is 4.79 Å². The molecule has 0 aromatic carbocycles. The molecule has 0 amide bonds. The Hall–Kier alpha value is -0.460. The van der Waals surface area contributed by atoms with E-state index < -0.39 is 0 Å². The van der Waals surface area contributed by atoms with E-state index in [1.807, 2.05) is 0 Å². The van der Waals surface area contributed by atoms with Gasteiger partial charge < -0.3 is 10.5 Å². The summed E-state index contributed by atoms with van der Waals surface area (Å²) in [6, 6.07) is -0.339. The predicted molar refractivity (Wildman–Crippen MR) is 53.4 cm³/mol. The van der Waals surface area contributed by atoms with E-state index in [0.717, 1.165) is 9.35 Å². The molecule has 0 aliphatic heterocycles. The highest BCUT2D eigenvalue weighted by molar-refractivity contribution is 9.10. The van der Waals surface area contributed by atoms with Gasteiger partial charge in [-0.25, -0.2) is 0 Å². The molecule has 13 heavy (non-hydrogen) atoms. The molecule has 0 fully saturated rings. The first-order valence-electron chi connectivity index (χ1n) is 3.57. The van der Waals surface area contributed by atoms with Crippen molar-refractivity contribution in [3.8, 4) is 0 Å². The van der Waals surface area contributed by atoms with Gasteiger partial charge in [-0.05, 0) is 27.5 Å². The van der Waals surface area contributed by atoms with Crippen LogP contribution in [0.2, 0.25) is 0 Å². The molecule has 6 heteroatoms. The van der Waals surface area contributed by atoms with Crippen LogP contribution < -0.4 is 5.73 Å². The first-order chi connectivity index (χ1) is 6.15. The number of hydrogen-bond donors (Lipinski definition) is 1. The lowest BCUT2D eigenvalue weighted by Gasteiger charge is -2.07. The smallest absolute Gasteiger partial charge is 0.307 e. The second-order valence-corrected chi connectivity index (χ2v) is 4.11. The Morgan fingerprint density at radius 2 is 2.62 bits per heavy atom. The standard InChI is InChI=1S/C7H9BrN2O2S/c1-12-6(11)2-5(9)7-4(8)3-10-13-7/h3,5H,2,9H2,1H3/t5-/m1/s1. The van der Waals surface area contributed by atoms with Gasteiger partial charge in [0.15, 0.2) is 0 Å². The average Bonchev–Trinajstić information content (AvgIpc) is 2.51. The van der Waals surface area contributed by atoms with Crippen molar-refractivity contribution in [1.29, 1.82) is 0 Å². The van der Waals surface area contributed by atoms with Gasteiger partial charge in [0.1, 0.15) is 0 Å². The van der Waals surface area contributed by atoms with Crippen LogP contribution in [0, 0.1) is 0 Å². The quantitative estimate of drug-likeness (QED) is 0.840. The van der Waals surface area contributed by atoms with E-state index in [1.165, 1.54) is 18.6 Å². The van der Waals surface area contributed by atoms with Crippen molar-refractivity contribution >= 4 is 33.4 Å². The van der Waals surface area contributed by atoms with Crippen LogP contribution in [0.15, 0.2) is 10.7 Å². The molecule has 0 aliphatic rings. The summed E-state index contributed by atoms with van der Waals surface area (Å²) in [7, 11) is 1.34. The topological polar surface area (TPSA) is 65.2 Å². The fourth-order valence-corrected chi connectivity index (χ4v) is 2.22. The molecular weight excluding hydrogens is 256 g/mol. The highest BCUT2D eigenvalue weighted by Crippen LogP contribution is 2.27. The van der Waals surface area contributed by atoms with Crippen molar-refractivity contribution in [2.75, 3.05) is 7.11 Å². The van der Waals surface area contributed by atoms with Gasteiger partial charge >= 0.3 is 5.97 Å². The highest BCUT2D eigenvalue weighted by atomic mass is 79.9. The Morgan fingerprint density at radius 3 is 3.08 bits per heavy atom. The number of rotatable bonds is 3. The normalized spacial score (nSPS) is 12.5. The molecule has 0 spiro atoms. The minimum Gasteiger partial charge on any atom is -0.469 e. The number of aromatic nitrogens is 1. The van der Waals surface area contributed by atoms with Gasteiger partial charge in [-0.15, -0.1) is 0 Å². The van der Waals surface area contributed by atoms with Crippen molar-refractivity contribution < 1.29 is 9.53 Å². The monoisotopic (exact) mass is 264 g/mol. The molecule has 0 bridgehead atoms. The first kappa shape index (κ1) is 10.6. The van der Waals surface area contributed by atoms with Crippen LogP contribution in [0.25, 0.3) is 0 Å². The van der Waals surface area contributed by atoms with Crippen molar-refractivity contribution in [1.82, 2.24) is 4.37 Å². The number of halogens is 1. The third-order valence-electron chi connectivity index (χ3n) is 1.50. The van der Waals surface area contributed by atoms with Crippen molar-refractivity contribution in [2.24, 2.45) is 5.73 Å². The van der Waals surface area contributed by atoms with Crippen molar-refractivity contribution in [2.45, 2.75) is 12.5 Å². The maximum absolute atomic E-state index is 10.9. The molecular formula is C7H9BrN2O2S. The Morgan fingerprint density at radius 1 is 1.92 bits per heavy atom. The largest absolute Gasteiger partial charge is 0.469 e. The highest BCUT2D eigenvalue weighted by Gasteiger charge is 2.16. The van der Waals surface area contributed by atoms with Gasteiger partial charge in [-0.2, -0.15) is 4.37 Å². The second kappa shape index (κ2) is 4.69. The van der Waals surface area contributed by atoms with E-state index >= 15 is 0 Å². The molecule has 1 rings (SSSR count). The molecule has 1 aromatic rings. The number of hydrogen-bond acceptors (Lipinski definition) is 5. The van der Waals surface area contributed by atoms with Gasteiger partial charge in [-0.1, -0.05) is 0 Å². The number of methoxy groups -OCH3 is 1. The summed E-state index contributed by atoms with van der Waals surface area (Å²) in [4.78, 5) is 11.8. The Labute approximate surface area is 88.4 Å². The third-order valence-corrected chi connectivity index (χ3v) is 3.33. The fraction of sp³-hybridized carbons (Fsp3) is 0.429. The number of nitrogens with two attached hydrogens (primary N) is 1. The van der Waals surface area contributed by atoms with E-state index in [4.69, 9.17) is 5.73 Å². The van der Waals surface area contributed by atoms with E-state index in [1.54, 1.807) is 6.20 Å². The van der Waals surface area contributed by atoms with Gasteiger partial charge in [0.2, 0.25) is 0 Å². The van der Waals surface area contributed by atoms with Gasteiger partial charge in [0, 0.05) is 0 Å². The summed E-state index contributed by atoms with van der Waals surface area (Å²) in [5.41, 5.74) is 5.76. The summed E-state index contributed by atoms with van der Waals surface area (Å²) in [5.74, 6) is -0.312. The lowest BCUT2D eigenvalue weighted by Crippen LogP contribution is -2.15. The van der Waals surface area contributed by atoms with Crippen LogP contribution in [0.5, 0.6) is 0 Å². The van der Waals surface area contributed by atoms with Crippen molar-refractivity contribution in [3.05, 3.63) is 15.5 Å². The molecule has 0 saturated carbocycles. The summed E-state index contributed by atoms with van der Waals surface area (Å²) in [5, 5.41) is 0. The van der Waals surface area contributed by atoms with Gasteiger partial charge in [-0.3, -0.25) is 4.79 Å². The Kier molecular flexibility index (Phi) is 3.83. The maximum Gasteiger partial charge on any atom is 0.307 e. The average molecular weight is 265 g/mol. The summed E-state index contributed by atoms with van der Waals surface area (Å²) in [6.45, 7) is 0. The molecule has 72 valence electrons. The molecule has 1 heterocycles. The number of carbonyl (C=O) groups is 1. The Balaban J connectivity index is 2.63. The summed E-state index contributed by atoms with van der Waals surface area (Å²) >= 11 is 4.57. The molecule has 2 N–H and O–H groups in total. The lowest BCUT2D eigenvalue weighted by atomic mass is 10.2. The zero-order valence-corrected chi connectivity index (χ0v) is 9.39. The predicted octanol–water partition coefficient (Wildman–Crippen LogP) is 1.47. The third kappa shape index (κ3) is 2.75. The minimum atomic E-state index is -0.339. The second-order valence-electron chi connectivity index (χ2n) is 2.42. The maximum atomic E-state index is 10.9. The number of esters is 1. The van der Waals surface area contributed by atoms with Crippen LogP contribution in [-0.2, 0) is 9.53 Å². The van der Waals surface area contributed by atoms with Crippen LogP contribution in [0.4, 0.5) is 0 Å². The number of nitrogens with zero attached hydrogens (tertiary/aromatic N) is 1. The molecule has 4 nitrogen and oxygen atoms in total. The minimum absolute atomic E-state index is 0.178. The summed E-state index contributed by atoms with van der Waals surface area (Å²) < 4.78 is 9.29. The fourth-order valence-electron chi connectivity index (χ4n) is 0.837. The van der Waals surface area contributed by atoms with Gasteiger partial charge in [0.05, 0.1) is 35.1 Å². The van der Waals surface area contributed by atoms with Crippen LogP contribution in [0.1, 0.15) is 17.3 Å². The zero-order chi connectivity index (χ0) is 9.84. The number of ether oxygens (including phenoxy) is 1. The molecule has 0 radical (unpaired) electrons. The van der Waals surface area contributed by atoms with E-state index in [-0.39, 0.29) is 18.4 Å². The Bertz CT molecular complexity index is 302. The van der Waals surface area contributed by atoms with Crippen LogP contribution in [-0.4, -0.2) is 17.5 Å². The molecule has 0 saturated heterocycles. The number of carbonyl (C=O) groups excluding carboxylic acids is 1. The summed E-state index contributed by atoms with van der Waals surface area (Å²) in [6.07, 6.45) is 1.84. The SMILES string of the molecule is COC(=O)C[C@@H](N)c1sncc1Br. The zero-order valence-electron chi connectivity index (χ0n) is 6.99. The molecule has 1 atom stereocenters. The lowest BCUT2D eigenvalue weighted by molar-refractivity contribution is -0.141.